The van der Waals surface area contributed by atoms with Crippen LogP contribution >= 0.6 is 11.6 Å². The van der Waals surface area contributed by atoms with Gasteiger partial charge >= 0.3 is 0 Å². The first-order valence-corrected chi connectivity index (χ1v) is 10.1. The number of fused-ring (bicyclic) bond motifs is 1. The lowest BCUT2D eigenvalue weighted by molar-refractivity contribution is 0.0462. The van der Waals surface area contributed by atoms with Crippen LogP contribution in [0.2, 0.25) is 5.02 Å². The van der Waals surface area contributed by atoms with Gasteiger partial charge in [-0.25, -0.2) is 0 Å². The molecular weight excluding hydrogens is 388 g/mol. The first-order valence-electron chi connectivity index (χ1n) is 9.75. The van der Waals surface area contributed by atoms with Crippen LogP contribution in [0.3, 0.4) is 0 Å². The summed E-state index contributed by atoms with van der Waals surface area (Å²) in [5, 5.41) is 9.07. The monoisotopic (exact) mass is 410 g/mol. The number of nitrogens with one attached hydrogen (secondary N) is 1. The molecule has 1 fully saturated rings. The molecule has 3 aromatic rings. The largest absolute Gasteiger partial charge is 0.352 e. The first kappa shape index (κ1) is 19.5. The molecular formula is C22H23ClN4O2. The van der Waals surface area contributed by atoms with E-state index < -0.39 is 0 Å². The topological polar surface area (TPSA) is 67.2 Å². The lowest BCUT2D eigenvalue weighted by Crippen LogP contribution is -2.51. The summed E-state index contributed by atoms with van der Waals surface area (Å²) in [6, 6.07) is 10.8. The number of hydrogen-bond acceptors (Lipinski definition) is 3. The quantitative estimate of drug-likeness (QED) is 0.699. The minimum Gasteiger partial charge on any atom is -0.352 e. The third-order valence-electron chi connectivity index (χ3n) is 5.26. The average molecular weight is 411 g/mol. The van der Waals surface area contributed by atoms with Crippen molar-refractivity contribution in [1.82, 2.24) is 20.0 Å². The predicted octanol–water partition coefficient (Wildman–Crippen LogP) is 3.52. The van der Waals surface area contributed by atoms with Crippen LogP contribution in [0.15, 0.2) is 42.6 Å². The fourth-order valence-electron chi connectivity index (χ4n) is 3.71. The van der Waals surface area contributed by atoms with Crippen LogP contribution in [-0.4, -0.2) is 46.1 Å². The number of rotatable bonds is 5. The summed E-state index contributed by atoms with van der Waals surface area (Å²) in [5.41, 5.74) is 3.13. The summed E-state index contributed by atoms with van der Waals surface area (Å²) in [6.07, 6.45) is 1.97. The molecule has 0 atom stereocenters. The van der Waals surface area contributed by atoms with E-state index in [1.165, 1.54) is 0 Å². The molecule has 7 heteroatoms. The van der Waals surface area contributed by atoms with Crippen LogP contribution in [0.1, 0.15) is 33.2 Å². The fraction of sp³-hybridized carbons (Fsp3) is 0.318. The summed E-state index contributed by atoms with van der Waals surface area (Å²) in [4.78, 5) is 26.5. The standard InChI is InChI=1S/C22H23ClN4O2/c1-3-24-21(28)19-9-17-13-27(25-20(17)8-14(19)2)12-15-10-26(11-15)22(29)16-4-6-18(23)7-5-16/h4-9,13,15H,3,10-12H2,1-2H3,(H,24,28). The molecule has 6 nitrogen and oxygen atoms in total. The third-order valence-corrected chi connectivity index (χ3v) is 5.51. The number of carbonyl (C=O) groups is 2. The van der Waals surface area contributed by atoms with E-state index >= 15 is 0 Å². The molecule has 0 bridgehead atoms. The minimum absolute atomic E-state index is 0.0331. The number of halogens is 1. The fourth-order valence-corrected chi connectivity index (χ4v) is 3.84. The summed E-state index contributed by atoms with van der Waals surface area (Å²) in [6.45, 7) is 6.59. The first-order chi connectivity index (χ1) is 13.9. The molecule has 1 aliphatic heterocycles. The highest BCUT2D eigenvalue weighted by Crippen LogP contribution is 2.23. The summed E-state index contributed by atoms with van der Waals surface area (Å²) in [7, 11) is 0. The molecule has 0 aliphatic carbocycles. The van der Waals surface area contributed by atoms with Crippen molar-refractivity contribution in [2.45, 2.75) is 20.4 Å². The smallest absolute Gasteiger partial charge is 0.253 e. The summed E-state index contributed by atoms with van der Waals surface area (Å²) < 4.78 is 1.92. The second-order valence-electron chi connectivity index (χ2n) is 7.52. The van der Waals surface area contributed by atoms with Gasteiger partial charge in [0, 0.05) is 59.8 Å². The Bertz CT molecular complexity index is 1070. The zero-order chi connectivity index (χ0) is 20.5. The van der Waals surface area contributed by atoms with E-state index in [4.69, 9.17) is 11.6 Å². The highest BCUT2D eigenvalue weighted by atomic mass is 35.5. The number of amides is 2. The van der Waals surface area contributed by atoms with Crippen molar-refractivity contribution in [3.8, 4) is 0 Å². The molecule has 2 heterocycles. The van der Waals surface area contributed by atoms with E-state index in [0.29, 0.717) is 41.7 Å². The van der Waals surface area contributed by atoms with E-state index in [2.05, 4.69) is 10.4 Å². The highest BCUT2D eigenvalue weighted by molar-refractivity contribution is 6.30. The number of likely N-dealkylation sites (tertiary alicyclic amines) is 1. The lowest BCUT2D eigenvalue weighted by atomic mass is 9.99. The van der Waals surface area contributed by atoms with Gasteiger partial charge in [-0.15, -0.1) is 0 Å². The number of aryl methyl sites for hydroxylation is 1. The molecule has 1 aliphatic rings. The van der Waals surface area contributed by atoms with Gasteiger partial charge in [0.25, 0.3) is 11.8 Å². The van der Waals surface area contributed by atoms with E-state index in [1.807, 2.05) is 41.8 Å². The van der Waals surface area contributed by atoms with E-state index in [0.717, 1.165) is 23.0 Å². The third kappa shape index (κ3) is 3.98. The summed E-state index contributed by atoms with van der Waals surface area (Å²) >= 11 is 5.89. The van der Waals surface area contributed by atoms with E-state index in [1.54, 1.807) is 24.3 Å². The Morgan fingerprint density at radius 2 is 1.93 bits per heavy atom. The zero-order valence-electron chi connectivity index (χ0n) is 16.5. The highest BCUT2D eigenvalue weighted by Gasteiger charge is 2.31. The van der Waals surface area contributed by atoms with Gasteiger partial charge in [0.1, 0.15) is 0 Å². The Hall–Kier alpha value is -2.86. The number of benzene rings is 2. The van der Waals surface area contributed by atoms with Crippen LogP contribution < -0.4 is 5.32 Å². The number of hydrogen-bond donors (Lipinski definition) is 1. The van der Waals surface area contributed by atoms with Crippen molar-refractivity contribution in [1.29, 1.82) is 0 Å². The van der Waals surface area contributed by atoms with Crippen molar-refractivity contribution < 1.29 is 9.59 Å². The molecule has 4 rings (SSSR count). The SMILES string of the molecule is CCNC(=O)c1cc2cn(CC3CN(C(=O)c4ccc(Cl)cc4)C3)nc2cc1C. The molecule has 1 aromatic heterocycles. The Labute approximate surface area is 174 Å². The van der Waals surface area contributed by atoms with Crippen molar-refractivity contribution >= 4 is 34.3 Å². The van der Waals surface area contributed by atoms with Gasteiger partial charge in [-0.2, -0.15) is 5.10 Å². The molecule has 1 N–H and O–H groups in total. The predicted molar refractivity (Wildman–Crippen MR) is 113 cm³/mol. The van der Waals surface area contributed by atoms with Crippen molar-refractivity contribution in [3.05, 3.63) is 64.3 Å². The number of nitrogens with zero attached hydrogens (tertiary/aromatic N) is 3. The van der Waals surface area contributed by atoms with E-state index in [9.17, 15) is 9.59 Å². The number of aromatic nitrogens is 2. The Balaban J connectivity index is 1.41. The second kappa shape index (κ2) is 7.87. The van der Waals surface area contributed by atoms with Crippen LogP contribution in [-0.2, 0) is 6.54 Å². The Morgan fingerprint density at radius 3 is 2.62 bits per heavy atom. The Morgan fingerprint density at radius 1 is 1.21 bits per heavy atom. The zero-order valence-corrected chi connectivity index (χ0v) is 17.2. The van der Waals surface area contributed by atoms with Crippen LogP contribution in [0.25, 0.3) is 10.9 Å². The average Bonchev–Trinajstić information content (AvgIpc) is 3.05. The van der Waals surface area contributed by atoms with Crippen molar-refractivity contribution in [2.75, 3.05) is 19.6 Å². The molecule has 2 amide bonds. The van der Waals surface area contributed by atoms with Gasteiger partial charge in [-0.1, -0.05) is 11.6 Å². The van der Waals surface area contributed by atoms with E-state index in [-0.39, 0.29) is 11.8 Å². The molecule has 150 valence electrons. The molecule has 0 spiro atoms. The van der Waals surface area contributed by atoms with Crippen LogP contribution in [0.4, 0.5) is 0 Å². The van der Waals surface area contributed by atoms with Crippen LogP contribution in [0.5, 0.6) is 0 Å². The Kier molecular flexibility index (Phi) is 5.28. The maximum Gasteiger partial charge on any atom is 0.253 e. The number of carbonyl (C=O) groups excluding carboxylic acids is 2. The van der Waals surface area contributed by atoms with Gasteiger partial charge in [0.05, 0.1) is 5.52 Å². The van der Waals surface area contributed by atoms with Gasteiger partial charge < -0.3 is 10.2 Å². The van der Waals surface area contributed by atoms with Gasteiger partial charge in [-0.3, -0.25) is 14.3 Å². The van der Waals surface area contributed by atoms with Crippen molar-refractivity contribution in [2.24, 2.45) is 5.92 Å². The minimum atomic E-state index is -0.0602. The molecule has 0 saturated carbocycles. The molecule has 0 unspecified atom stereocenters. The van der Waals surface area contributed by atoms with Gasteiger partial charge in [0.2, 0.25) is 0 Å². The van der Waals surface area contributed by atoms with Crippen molar-refractivity contribution in [3.63, 3.8) is 0 Å². The molecule has 0 radical (unpaired) electrons. The normalized spacial score (nSPS) is 14.1. The van der Waals surface area contributed by atoms with Gasteiger partial charge in [0.15, 0.2) is 0 Å². The summed E-state index contributed by atoms with van der Waals surface area (Å²) in [5.74, 6) is 0.338. The van der Waals surface area contributed by atoms with Gasteiger partial charge in [-0.05, 0) is 55.8 Å². The maximum atomic E-state index is 12.5. The molecule has 2 aromatic carbocycles. The molecule has 1 saturated heterocycles. The maximum absolute atomic E-state index is 12.5. The van der Waals surface area contributed by atoms with Crippen LogP contribution in [0, 0.1) is 12.8 Å². The second-order valence-corrected chi connectivity index (χ2v) is 7.96. The lowest BCUT2D eigenvalue weighted by Gasteiger charge is -2.39. The molecule has 29 heavy (non-hydrogen) atoms.